The molecule has 0 saturated heterocycles. The van der Waals surface area contributed by atoms with E-state index < -0.39 is 30.6 Å². The van der Waals surface area contributed by atoms with Crippen molar-refractivity contribution in [2.45, 2.75) is 38.4 Å². The summed E-state index contributed by atoms with van der Waals surface area (Å²) in [6.07, 6.45) is 0.588. The van der Waals surface area contributed by atoms with Crippen LogP contribution in [-0.4, -0.2) is 31.2 Å². The molecule has 2 aromatic rings. The lowest BCUT2D eigenvalue weighted by Crippen LogP contribution is -2.60. The number of carbonyl (C=O) groups is 2. The fraction of sp³-hybridized carbons (Fsp3) is 0.391. The third-order valence-corrected chi connectivity index (χ3v) is 7.90. The predicted octanol–water partition coefficient (Wildman–Crippen LogP) is 4.37. The minimum absolute atomic E-state index is 0.0868. The van der Waals surface area contributed by atoms with E-state index >= 15 is 0 Å². The number of hydrogen-bond acceptors (Lipinski definition) is 6. The van der Waals surface area contributed by atoms with Crippen LogP contribution in [0.4, 0.5) is 11.4 Å². The van der Waals surface area contributed by atoms with Crippen LogP contribution < -0.4 is 10.6 Å². The molecule has 0 radical (unpaired) electrons. The van der Waals surface area contributed by atoms with Crippen LogP contribution in [0.2, 0.25) is 0 Å². The molecule has 2 aromatic carbocycles. The number of fused-ring (bicyclic) bond motifs is 2. The largest absolute Gasteiger partial charge is 0.357 e. The van der Waals surface area contributed by atoms with Crippen molar-refractivity contribution in [2.75, 3.05) is 30.0 Å². The molecule has 0 aliphatic carbocycles. The smallest absolute Gasteiger partial charge is 0.332 e. The maximum atomic E-state index is 13.8. The quantitative estimate of drug-likeness (QED) is 0.541. The Labute approximate surface area is 187 Å². The van der Waals surface area contributed by atoms with Gasteiger partial charge >= 0.3 is 7.60 Å². The first-order valence-electron chi connectivity index (χ1n) is 10.8. The summed E-state index contributed by atoms with van der Waals surface area (Å²) in [6, 6.07) is 13.9. The van der Waals surface area contributed by atoms with Gasteiger partial charge in [0.05, 0.1) is 6.61 Å². The van der Waals surface area contributed by atoms with E-state index in [0.717, 1.165) is 0 Å². The van der Waals surface area contributed by atoms with Crippen LogP contribution in [0.5, 0.6) is 0 Å². The van der Waals surface area contributed by atoms with Crippen LogP contribution in [0.1, 0.15) is 38.3 Å². The molecule has 2 heterocycles. The first kappa shape index (κ1) is 22.7. The lowest BCUT2D eigenvalue weighted by atomic mass is 9.74. The van der Waals surface area contributed by atoms with E-state index in [-0.39, 0.29) is 19.4 Å². The first-order valence-corrected chi connectivity index (χ1v) is 12.5. The van der Waals surface area contributed by atoms with Crippen LogP contribution in [-0.2, 0) is 39.1 Å². The molecule has 0 bridgehead atoms. The van der Waals surface area contributed by atoms with Crippen LogP contribution >= 0.6 is 7.60 Å². The molecule has 2 aliphatic heterocycles. The van der Waals surface area contributed by atoms with Crippen molar-refractivity contribution in [3.8, 4) is 0 Å². The maximum absolute atomic E-state index is 13.8. The Bertz CT molecular complexity index is 1100. The number of ether oxygens (including phenoxy) is 1. The Hall–Kier alpha value is -2.51. The molecule has 0 fully saturated rings. The van der Waals surface area contributed by atoms with Crippen molar-refractivity contribution in [1.29, 1.82) is 0 Å². The molecule has 4 rings (SSSR count). The average Bonchev–Trinajstić information content (AvgIpc) is 3.21. The van der Waals surface area contributed by atoms with Gasteiger partial charge in [-0.2, -0.15) is 0 Å². The van der Waals surface area contributed by atoms with Gasteiger partial charge in [-0.1, -0.05) is 43.3 Å². The number of benzene rings is 2. The fourth-order valence-electron chi connectivity index (χ4n) is 4.59. The Morgan fingerprint density at radius 2 is 1.34 bits per heavy atom. The molecule has 170 valence electrons. The molecule has 32 heavy (non-hydrogen) atoms. The first-order chi connectivity index (χ1) is 15.4. The molecule has 9 heteroatoms. The normalized spacial score (nSPS) is 25.6. The monoisotopic (exact) mass is 458 g/mol. The Morgan fingerprint density at radius 3 is 1.88 bits per heavy atom. The molecule has 2 aliphatic rings. The Kier molecular flexibility index (Phi) is 5.98. The highest BCUT2D eigenvalue weighted by atomic mass is 31.2. The third kappa shape index (κ3) is 3.13. The van der Waals surface area contributed by atoms with E-state index in [1.807, 2.05) is 6.92 Å². The highest BCUT2D eigenvalue weighted by Gasteiger charge is 2.72. The second-order valence-electron chi connectivity index (χ2n) is 7.64. The molecular formula is C23H27N2O6P. The van der Waals surface area contributed by atoms with Crippen LogP contribution in [0, 0.1) is 0 Å². The van der Waals surface area contributed by atoms with Crippen LogP contribution in [0.3, 0.4) is 0 Å². The highest BCUT2D eigenvalue weighted by molar-refractivity contribution is 7.53. The number of para-hydroxylation sites is 2. The standard InChI is InChI=1S/C23H27N2O6P/c1-4-15-32(28,30-6-3)31-23(17-12-8-10-14-19(17)25-21(23)27)22(29-5-2)16-11-7-9-13-18(16)24-20(22)26/h7-14H,4-6,15H2,1-3H3,(H,24,26)(H,25,27). The second kappa shape index (κ2) is 8.45. The van der Waals surface area contributed by atoms with Crippen molar-refractivity contribution in [3.05, 3.63) is 59.7 Å². The van der Waals surface area contributed by atoms with E-state index in [0.29, 0.717) is 28.9 Å². The van der Waals surface area contributed by atoms with Gasteiger partial charge in [0.25, 0.3) is 11.8 Å². The van der Waals surface area contributed by atoms with E-state index in [1.54, 1.807) is 62.4 Å². The van der Waals surface area contributed by atoms with Gasteiger partial charge in [0.1, 0.15) is 0 Å². The third-order valence-electron chi connectivity index (χ3n) is 5.70. The molecule has 0 spiro atoms. The summed E-state index contributed by atoms with van der Waals surface area (Å²) in [7, 11) is -3.80. The van der Waals surface area contributed by atoms with E-state index in [1.165, 1.54) is 0 Å². The molecule has 3 unspecified atom stereocenters. The minimum atomic E-state index is -3.80. The number of hydrogen-bond donors (Lipinski definition) is 2. The SMILES string of the molecule is CCCP(=O)(OCC)OC1(C2(OCC)C(=O)Nc3ccccc32)C(=O)Nc2ccccc21. The van der Waals surface area contributed by atoms with E-state index in [4.69, 9.17) is 13.8 Å². The number of amides is 2. The number of rotatable bonds is 9. The topological polar surface area (TPSA) is 103 Å². The van der Waals surface area contributed by atoms with Gasteiger partial charge < -0.3 is 19.9 Å². The molecule has 0 saturated carbocycles. The maximum Gasteiger partial charge on any atom is 0.332 e. The molecule has 8 nitrogen and oxygen atoms in total. The van der Waals surface area contributed by atoms with Gasteiger partial charge in [0.2, 0.25) is 11.2 Å². The lowest BCUT2D eigenvalue weighted by molar-refractivity contribution is -0.190. The van der Waals surface area contributed by atoms with Crippen molar-refractivity contribution >= 4 is 30.8 Å². The average molecular weight is 458 g/mol. The van der Waals surface area contributed by atoms with Gasteiger partial charge in [-0.05, 0) is 32.4 Å². The van der Waals surface area contributed by atoms with Crippen molar-refractivity contribution in [2.24, 2.45) is 0 Å². The second-order valence-corrected chi connectivity index (χ2v) is 9.75. The summed E-state index contributed by atoms with van der Waals surface area (Å²) in [5.41, 5.74) is -2.17. The summed E-state index contributed by atoms with van der Waals surface area (Å²) in [5.74, 6) is -1.19. The lowest BCUT2D eigenvalue weighted by Gasteiger charge is -2.43. The van der Waals surface area contributed by atoms with Gasteiger partial charge in [0.15, 0.2) is 0 Å². The van der Waals surface area contributed by atoms with Crippen molar-refractivity contribution < 1.29 is 27.9 Å². The highest BCUT2D eigenvalue weighted by Crippen LogP contribution is 2.64. The molecule has 3 atom stereocenters. The summed E-state index contributed by atoms with van der Waals surface area (Å²) >= 11 is 0. The Morgan fingerprint density at radius 1 is 0.812 bits per heavy atom. The minimum Gasteiger partial charge on any atom is -0.357 e. The van der Waals surface area contributed by atoms with E-state index in [2.05, 4.69) is 10.6 Å². The number of anilines is 2. The number of nitrogens with one attached hydrogen (secondary N) is 2. The zero-order chi connectivity index (χ0) is 23.0. The summed E-state index contributed by atoms with van der Waals surface area (Å²) in [4.78, 5) is 27.5. The van der Waals surface area contributed by atoms with Crippen molar-refractivity contribution in [3.63, 3.8) is 0 Å². The summed E-state index contributed by atoms with van der Waals surface area (Å²) in [5, 5.41) is 5.63. The zero-order valence-corrected chi connectivity index (χ0v) is 19.2. The van der Waals surface area contributed by atoms with Crippen molar-refractivity contribution in [1.82, 2.24) is 0 Å². The number of carbonyl (C=O) groups excluding carboxylic acids is 2. The fourth-order valence-corrected chi connectivity index (χ4v) is 6.54. The van der Waals surface area contributed by atoms with Crippen LogP contribution in [0.15, 0.2) is 48.5 Å². The van der Waals surface area contributed by atoms with Gasteiger partial charge in [0, 0.05) is 35.3 Å². The molecular weight excluding hydrogens is 431 g/mol. The molecule has 2 N–H and O–H groups in total. The zero-order valence-electron chi connectivity index (χ0n) is 18.3. The summed E-state index contributed by atoms with van der Waals surface area (Å²) < 4.78 is 31.9. The van der Waals surface area contributed by atoms with Gasteiger partial charge in [-0.25, -0.2) is 0 Å². The van der Waals surface area contributed by atoms with Gasteiger partial charge in [-0.3, -0.25) is 18.7 Å². The molecule has 0 aromatic heterocycles. The van der Waals surface area contributed by atoms with E-state index in [9.17, 15) is 14.2 Å². The van der Waals surface area contributed by atoms with Crippen LogP contribution in [0.25, 0.3) is 0 Å². The molecule has 2 amide bonds. The van der Waals surface area contributed by atoms with Gasteiger partial charge in [-0.15, -0.1) is 0 Å². The Balaban J connectivity index is 2.06. The predicted molar refractivity (Wildman–Crippen MR) is 121 cm³/mol. The summed E-state index contributed by atoms with van der Waals surface area (Å²) in [6.45, 7) is 5.52.